The summed E-state index contributed by atoms with van der Waals surface area (Å²) < 4.78 is 0. The summed E-state index contributed by atoms with van der Waals surface area (Å²) in [7, 11) is 0. The Morgan fingerprint density at radius 3 is 1.41 bits per heavy atom. The number of rotatable bonds is 7. The van der Waals surface area contributed by atoms with Crippen LogP contribution >= 0.6 is 23.5 Å². The summed E-state index contributed by atoms with van der Waals surface area (Å²) >= 11 is 3.67. The fourth-order valence-corrected chi connectivity index (χ4v) is 4.31. The van der Waals surface area contributed by atoms with Crippen LogP contribution in [0.1, 0.15) is 31.1 Å². The molecule has 0 saturated heterocycles. The van der Waals surface area contributed by atoms with Crippen LogP contribution in [-0.4, -0.2) is 17.3 Å². The minimum absolute atomic E-state index is 0.0921. The molecule has 0 radical (unpaired) electrons. The van der Waals surface area contributed by atoms with Gasteiger partial charge in [-0.2, -0.15) is 0 Å². The molecule has 0 saturated carbocycles. The molecule has 138 valence electrons. The van der Waals surface area contributed by atoms with Gasteiger partial charge in [-0.05, 0) is 83.1 Å². The summed E-state index contributed by atoms with van der Waals surface area (Å²) in [6, 6.07) is 23.3. The van der Waals surface area contributed by atoms with Crippen molar-refractivity contribution in [3.05, 3.63) is 72.3 Å². The summed E-state index contributed by atoms with van der Waals surface area (Å²) in [4.78, 5) is 14.6. The Morgan fingerprint density at radius 2 is 1.07 bits per heavy atom. The molecule has 0 aromatic heterocycles. The highest BCUT2D eigenvalue weighted by Crippen LogP contribution is 2.31. The average Bonchev–Trinajstić information content (AvgIpc) is 2.69. The van der Waals surface area contributed by atoms with Crippen LogP contribution in [0.4, 0.5) is 0 Å². The van der Waals surface area contributed by atoms with Crippen LogP contribution in [0, 0.1) is 0 Å². The highest BCUT2D eigenvalue weighted by atomic mass is 32.2. The van der Waals surface area contributed by atoms with Crippen LogP contribution < -0.4 is 0 Å². The minimum atomic E-state index is 0.0921. The number of Topliss-reactive ketones (excluding diaryl/α,β-unsaturated/α-hetero) is 1. The molecule has 0 amide bonds. The molecule has 0 spiro atoms. The van der Waals surface area contributed by atoms with E-state index in [4.69, 9.17) is 0 Å². The van der Waals surface area contributed by atoms with Gasteiger partial charge in [0.15, 0.2) is 5.78 Å². The van der Waals surface area contributed by atoms with Gasteiger partial charge in [0.05, 0.1) is 0 Å². The topological polar surface area (TPSA) is 17.1 Å². The largest absolute Gasteiger partial charge is 0.295 e. The summed E-state index contributed by atoms with van der Waals surface area (Å²) in [6.45, 7) is 5.95. The number of ketones is 1. The van der Waals surface area contributed by atoms with Crippen LogP contribution in [0.3, 0.4) is 0 Å². The predicted octanol–water partition coefficient (Wildman–Crippen LogP) is 7.45. The van der Waals surface area contributed by atoms with Crippen LogP contribution in [0.5, 0.6) is 0 Å². The molecule has 0 unspecified atom stereocenters. The summed E-state index contributed by atoms with van der Waals surface area (Å²) in [5.74, 6) is 2.22. The number of hydrogen-bond donors (Lipinski definition) is 0. The predicted molar refractivity (Wildman–Crippen MR) is 120 cm³/mol. The molecule has 0 aliphatic rings. The van der Waals surface area contributed by atoms with E-state index in [1.54, 1.807) is 6.92 Å². The second-order valence-corrected chi connectivity index (χ2v) is 8.94. The SMILES string of the molecule is CCSc1ccc(-c2cc(C(C)=O)cc(-c3ccc(SCC)cc3)c2)cc1. The Kier molecular flexibility index (Phi) is 6.81. The van der Waals surface area contributed by atoms with Crippen molar-refractivity contribution in [3.63, 3.8) is 0 Å². The molecule has 3 aromatic rings. The van der Waals surface area contributed by atoms with Gasteiger partial charge in [0.25, 0.3) is 0 Å². The number of carbonyl (C=O) groups excluding carboxylic acids is 1. The smallest absolute Gasteiger partial charge is 0.159 e. The zero-order valence-corrected chi connectivity index (χ0v) is 17.6. The minimum Gasteiger partial charge on any atom is -0.295 e. The molecule has 0 heterocycles. The van der Waals surface area contributed by atoms with Crippen molar-refractivity contribution < 1.29 is 4.79 Å². The molecule has 0 fully saturated rings. The zero-order valence-electron chi connectivity index (χ0n) is 16.0. The van der Waals surface area contributed by atoms with Crippen LogP contribution in [-0.2, 0) is 0 Å². The third-order valence-electron chi connectivity index (χ3n) is 4.34. The van der Waals surface area contributed by atoms with Gasteiger partial charge < -0.3 is 0 Å². The highest BCUT2D eigenvalue weighted by molar-refractivity contribution is 7.99. The van der Waals surface area contributed by atoms with Crippen LogP contribution in [0.25, 0.3) is 22.3 Å². The van der Waals surface area contributed by atoms with Gasteiger partial charge in [-0.1, -0.05) is 38.1 Å². The normalized spacial score (nSPS) is 10.8. The molecule has 0 bridgehead atoms. The van der Waals surface area contributed by atoms with E-state index in [0.717, 1.165) is 39.3 Å². The number of thioether (sulfide) groups is 2. The highest BCUT2D eigenvalue weighted by Gasteiger charge is 2.09. The number of benzene rings is 3. The molecule has 0 aliphatic carbocycles. The Balaban J connectivity index is 2.01. The first-order valence-corrected chi connectivity index (χ1v) is 11.2. The van der Waals surface area contributed by atoms with Crippen molar-refractivity contribution in [2.24, 2.45) is 0 Å². The Hall–Kier alpha value is -1.97. The van der Waals surface area contributed by atoms with E-state index >= 15 is 0 Å². The first-order chi connectivity index (χ1) is 13.1. The van der Waals surface area contributed by atoms with E-state index in [1.165, 1.54) is 9.79 Å². The lowest BCUT2D eigenvalue weighted by Gasteiger charge is -2.10. The lowest BCUT2D eigenvalue weighted by Crippen LogP contribution is -1.94. The molecule has 3 rings (SSSR count). The standard InChI is InChI=1S/C24H24OS2/c1-4-26-23-10-6-18(7-11-23)21-14-20(17(3)25)15-22(16-21)19-8-12-24(13-9-19)27-5-2/h6-16H,4-5H2,1-3H3. The van der Waals surface area contributed by atoms with Gasteiger partial charge in [0.1, 0.15) is 0 Å². The lowest BCUT2D eigenvalue weighted by atomic mass is 9.95. The molecular formula is C24H24OS2. The zero-order chi connectivity index (χ0) is 19.2. The van der Waals surface area contributed by atoms with Gasteiger partial charge in [-0.3, -0.25) is 4.79 Å². The van der Waals surface area contributed by atoms with Crippen molar-refractivity contribution >= 4 is 29.3 Å². The molecule has 0 aliphatic heterocycles. The third-order valence-corrected chi connectivity index (χ3v) is 6.13. The molecule has 0 N–H and O–H groups in total. The van der Waals surface area contributed by atoms with Gasteiger partial charge in [-0.25, -0.2) is 0 Å². The van der Waals surface area contributed by atoms with Crippen molar-refractivity contribution in [1.82, 2.24) is 0 Å². The molecular weight excluding hydrogens is 368 g/mol. The van der Waals surface area contributed by atoms with Crippen LogP contribution in [0.15, 0.2) is 76.5 Å². The Bertz CT molecular complexity index is 844. The summed E-state index contributed by atoms with van der Waals surface area (Å²) in [5.41, 5.74) is 5.19. The third kappa shape index (κ3) is 5.06. The van der Waals surface area contributed by atoms with E-state index in [2.05, 4.69) is 68.4 Å². The monoisotopic (exact) mass is 392 g/mol. The fourth-order valence-electron chi connectivity index (χ4n) is 2.98. The van der Waals surface area contributed by atoms with Gasteiger partial charge in [0.2, 0.25) is 0 Å². The second-order valence-electron chi connectivity index (χ2n) is 6.27. The summed E-state index contributed by atoms with van der Waals surface area (Å²) in [6.07, 6.45) is 0. The quantitative estimate of drug-likeness (QED) is 0.307. The van der Waals surface area contributed by atoms with Gasteiger partial charge in [-0.15, -0.1) is 23.5 Å². The van der Waals surface area contributed by atoms with E-state index in [0.29, 0.717) is 0 Å². The maximum atomic E-state index is 12.1. The fraction of sp³-hybridized carbons (Fsp3) is 0.208. The Labute approximate surface area is 170 Å². The van der Waals surface area contributed by atoms with Crippen molar-refractivity contribution in [3.8, 4) is 22.3 Å². The van der Waals surface area contributed by atoms with Gasteiger partial charge in [0, 0.05) is 15.4 Å². The molecule has 1 nitrogen and oxygen atoms in total. The van der Waals surface area contributed by atoms with Crippen molar-refractivity contribution in [1.29, 1.82) is 0 Å². The molecule has 27 heavy (non-hydrogen) atoms. The number of hydrogen-bond acceptors (Lipinski definition) is 3. The maximum Gasteiger partial charge on any atom is 0.159 e. The second kappa shape index (κ2) is 9.29. The molecule has 0 atom stereocenters. The van der Waals surface area contributed by atoms with E-state index in [1.807, 2.05) is 35.7 Å². The van der Waals surface area contributed by atoms with Crippen LogP contribution in [0.2, 0.25) is 0 Å². The van der Waals surface area contributed by atoms with Crippen molar-refractivity contribution in [2.45, 2.75) is 30.6 Å². The van der Waals surface area contributed by atoms with E-state index < -0.39 is 0 Å². The average molecular weight is 393 g/mol. The first-order valence-electron chi connectivity index (χ1n) is 9.23. The Morgan fingerprint density at radius 1 is 0.667 bits per heavy atom. The summed E-state index contributed by atoms with van der Waals surface area (Å²) in [5, 5.41) is 0. The van der Waals surface area contributed by atoms with E-state index in [-0.39, 0.29) is 5.78 Å². The first kappa shape index (κ1) is 19.8. The van der Waals surface area contributed by atoms with E-state index in [9.17, 15) is 4.79 Å². The van der Waals surface area contributed by atoms with Crippen molar-refractivity contribution in [2.75, 3.05) is 11.5 Å². The molecule has 3 heteroatoms. The lowest BCUT2D eigenvalue weighted by molar-refractivity contribution is 0.101. The van der Waals surface area contributed by atoms with Gasteiger partial charge >= 0.3 is 0 Å². The maximum absolute atomic E-state index is 12.1. The molecule has 3 aromatic carbocycles. The number of carbonyl (C=O) groups is 1.